The second-order valence-corrected chi connectivity index (χ2v) is 6.18. The van der Waals surface area contributed by atoms with E-state index in [0.717, 1.165) is 29.4 Å². The molecular weight excluding hydrogens is 315 g/mol. The van der Waals surface area contributed by atoms with Crippen molar-refractivity contribution in [2.24, 2.45) is 11.7 Å². The summed E-state index contributed by atoms with van der Waals surface area (Å²) in [5.41, 5.74) is 6.21. The predicted octanol–water partition coefficient (Wildman–Crippen LogP) is 4.36. The molecule has 23 heavy (non-hydrogen) atoms. The molecular formula is C18H22ClFN2O. The molecule has 1 aliphatic rings. The minimum atomic E-state index is -0.281. The molecule has 1 fully saturated rings. The van der Waals surface area contributed by atoms with E-state index in [-0.39, 0.29) is 17.6 Å². The van der Waals surface area contributed by atoms with Crippen LogP contribution in [-0.2, 0) is 4.79 Å². The second-order valence-electron chi connectivity index (χ2n) is 5.81. The summed E-state index contributed by atoms with van der Waals surface area (Å²) in [5.74, 6) is -0.683. The van der Waals surface area contributed by atoms with Crippen LogP contribution in [0.4, 0.5) is 10.1 Å². The van der Waals surface area contributed by atoms with Gasteiger partial charge in [0.25, 0.3) is 0 Å². The molecule has 1 aliphatic heterocycles. The van der Waals surface area contributed by atoms with Gasteiger partial charge in [-0.2, -0.15) is 0 Å². The van der Waals surface area contributed by atoms with Crippen molar-refractivity contribution in [3.63, 3.8) is 0 Å². The van der Waals surface area contributed by atoms with Gasteiger partial charge in [0.2, 0.25) is 5.91 Å². The Morgan fingerprint density at radius 1 is 1.35 bits per heavy atom. The number of halogens is 2. The van der Waals surface area contributed by atoms with Crippen molar-refractivity contribution in [3.05, 3.63) is 41.2 Å². The lowest BCUT2D eigenvalue weighted by Crippen LogP contribution is -2.27. The number of amides is 1. The molecule has 1 atom stereocenters. The summed E-state index contributed by atoms with van der Waals surface area (Å²) >= 11 is 6.42. The van der Waals surface area contributed by atoms with Gasteiger partial charge in [0.05, 0.1) is 16.6 Å². The monoisotopic (exact) mass is 336 g/mol. The summed E-state index contributed by atoms with van der Waals surface area (Å²) in [5, 5.41) is 2.17. The van der Waals surface area contributed by atoms with Gasteiger partial charge in [-0.25, -0.2) is 4.39 Å². The molecule has 0 aliphatic carbocycles. The van der Waals surface area contributed by atoms with Crippen LogP contribution in [0, 0.1) is 11.7 Å². The van der Waals surface area contributed by atoms with Crippen LogP contribution in [0.3, 0.4) is 0 Å². The summed E-state index contributed by atoms with van der Waals surface area (Å²) < 4.78 is 13.2. The highest BCUT2D eigenvalue weighted by atomic mass is 35.5. The van der Waals surface area contributed by atoms with Crippen molar-refractivity contribution in [2.45, 2.75) is 26.7 Å². The molecule has 0 bridgehead atoms. The van der Waals surface area contributed by atoms with E-state index in [1.54, 1.807) is 6.07 Å². The Kier molecular flexibility index (Phi) is 5.83. The van der Waals surface area contributed by atoms with E-state index in [1.165, 1.54) is 18.6 Å². The number of rotatable bonds is 2. The molecule has 1 saturated heterocycles. The molecule has 0 spiro atoms. The highest BCUT2D eigenvalue weighted by Gasteiger charge is 2.28. The first-order valence-corrected chi connectivity index (χ1v) is 8.27. The summed E-state index contributed by atoms with van der Waals surface area (Å²) in [4.78, 5) is 13.3. The molecule has 2 N–H and O–H groups in total. The Labute approximate surface area is 141 Å². The molecule has 3 nitrogen and oxygen atoms in total. The van der Waals surface area contributed by atoms with Gasteiger partial charge in [-0.1, -0.05) is 37.9 Å². The van der Waals surface area contributed by atoms with Crippen molar-refractivity contribution in [2.75, 3.05) is 18.0 Å². The lowest BCUT2D eigenvalue weighted by molar-refractivity contribution is -0.121. The summed E-state index contributed by atoms with van der Waals surface area (Å²) in [7, 11) is 0. The van der Waals surface area contributed by atoms with Gasteiger partial charge in [-0.15, -0.1) is 0 Å². The van der Waals surface area contributed by atoms with E-state index in [1.807, 2.05) is 12.1 Å². The normalized spacial score (nSPS) is 17.0. The predicted molar refractivity (Wildman–Crippen MR) is 94.4 cm³/mol. The van der Waals surface area contributed by atoms with Gasteiger partial charge < -0.3 is 10.6 Å². The average molecular weight is 337 g/mol. The minimum Gasteiger partial charge on any atom is -0.369 e. The van der Waals surface area contributed by atoms with Crippen LogP contribution in [0.1, 0.15) is 26.7 Å². The van der Waals surface area contributed by atoms with Gasteiger partial charge in [0, 0.05) is 18.5 Å². The maximum atomic E-state index is 13.2. The number of benzene rings is 2. The number of fused-ring (bicyclic) bond motifs is 1. The van der Waals surface area contributed by atoms with E-state index in [4.69, 9.17) is 17.3 Å². The van der Waals surface area contributed by atoms with E-state index >= 15 is 0 Å². The van der Waals surface area contributed by atoms with Crippen LogP contribution in [0.25, 0.3) is 10.8 Å². The SMILES string of the molecule is CCC.NC(=O)C1CCN(c2ccc3cc(F)ccc3c2Cl)C1. The number of nitrogens with two attached hydrogens (primary N) is 1. The Bertz CT molecular complexity index is 705. The topological polar surface area (TPSA) is 46.3 Å². The third-order valence-corrected chi connectivity index (χ3v) is 4.22. The largest absolute Gasteiger partial charge is 0.369 e. The fourth-order valence-corrected chi connectivity index (χ4v) is 3.06. The van der Waals surface area contributed by atoms with E-state index in [9.17, 15) is 9.18 Å². The minimum absolute atomic E-state index is 0.130. The molecule has 2 aromatic rings. The van der Waals surface area contributed by atoms with Gasteiger partial charge in [0.1, 0.15) is 5.82 Å². The standard InChI is InChI=1S/C15H14ClFN2O.C3H8/c16-14-12-3-2-11(17)7-9(12)1-4-13(14)19-6-5-10(8-19)15(18)20;1-3-2/h1-4,7,10H,5-6,8H2,(H2,18,20);3H2,1-2H3. The zero-order valence-corrected chi connectivity index (χ0v) is 14.2. The number of hydrogen-bond donors (Lipinski definition) is 1. The molecule has 3 rings (SSSR count). The van der Waals surface area contributed by atoms with Crippen LogP contribution in [-0.4, -0.2) is 19.0 Å². The zero-order chi connectivity index (χ0) is 17.0. The number of carbonyl (C=O) groups excluding carboxylic acids is 1. The van der Waals surface area contributed by atoms with Crippen LogP contribution in [0.15, 0.2) is 30.3 Å². The Hall–Kier alpha value is -1.81. The third-order valence-electron chi connectivity index (χ3n) is 3.83. The first-order chi connectivity index (χ1) is 11.0. The zero-order valence-electron chi connectivity index (χ0n) is 13.5. The smallest absolute Gasteiger partial charge is 0.222 e. The van der Waals surface area contributed by atoms with Crippen LogP contribution in [0.2, 0.25) is 5.02 Å². The summed E-state index contributed by atoms with van der Waals surface area (Å²) in [6.45, 7) is 5.59. The van der Waals surface area contributed by atoms with Crippen LogP contribution >= 0.6 is 11.6 Å². The van der Waals surface area contributed by atoms with Crippen molar-refractivity contribution in [1.82, 2.24) is 0 Å². The van der Waals surface area contributed by atoms with Crippen LogP contribution in [0.5, 0.6) is 0 Å². The van der Waals surface area contributed by atoms with Crippen molar-refractivity contribution < 1.29 is 9.18 Å². The molecule has 0 aromatic heterocycles. The van der Waals surface area contributed by atoms with Crippen molar-refractivity contribution in [1.29, 1.82) is 0 Å². The number of primary amides is 1. The number of hydrogen-bond acceptors (Lipinski definition) is 2. The molecule has 124 valence electrons. The Morgan fingerprint density at radius 3 is 2.65 bits per heavy atom. The Balaban J connectivity index is 0.000000595. The quantitative estimate of drug-likeness (QED) is 0.885. The Morgan fingerprint density at radius 2 is 2.04 bits per heavy atom. The van der Waals surface area contributed by atoms with Gasteiger partial charge in [0.15, 0.2) is 0 Å². The fourth-order valence-electron chi connectivity index (χ4n) is 2.71. The maximum Gasteiger partial charge on any atom is 0.222 e. The van der Waals surface area contributed by atoms with Crippen molar-refractivity contribution in [3.8, 4) is 0 Å². The third kappa shape index (κ3) is 3.94. The van der Waals surface area contributed by atoms with E-state index in [0.29, 0.717) is 11.6 Å². The first-order valence-electron chi connectivity index (χ1n) is 7.89. The highest BCUT2D eigenvalue weighted by Crippen LogP contribution is 2.36. The molecule has 1 heterocycles. The number of nitrogens with zero attached hydrogens (tertiary/aromatic N) is 1. The molecule has 0 radical (unpaired) electrons. The van der Waals surface area contributed by atoms with Crippen LogP contribution < -0.4 is 10.6 Å². The molecule has 1 unspecified atom stereocenters. The molecule has 1 amide bonds. The van der Waals surface area contributed by atoms with Gasteiger partial charge in [-0.3, -0.25) is 4.79 Å². The summed E-state index contributed by atoms with van der Waals surface area (Å²) in [6, 6.07) is 8.25. The summed E-state index contributed by atoms with van der Waals surface area (Å²) in [6.07, 6.45) is 1.99. The molecule has 5 heteroatoms. The first kappa shape index (κ1) is 17.5. The number of anilines is 1. The average Bonchev–Trinajstić information content (AvgIpc) is 2.98. The highest BCUT2D eigenvalue weighted by molar-refractivity contribution is 6.38. The lowest BCUT2D eigenvalue weighted by atomic mass is 10.1. The van der Waals surface area contributed by atoms with Gasteiger partial charge >= 0.3 is 0 Å². The fraction of sp³-hybridized carbons (Fsp3) is 0.389. The lowest BCUT2D eigenvalue weighted by Gasteiger charge is -2.20. The second kappa shape index (κ2) is 7.64. The molecule has 0 saturated carbocycles. The number of carbonyl (C=O) groups is 1. The van der Waals surface area contributed by atoms with E-state index < -0.39 is 0 Å². The van der Waals surface area contributed by atoms with Crippen molar-refractivity contribution >= 4 is 34.0 Å². The van der Waals surface area contributed by atoms with E-state index in [2.05, 4.69) is 18.7 Å². The van der Waals surface area contributed by atoms with Gasteiger partial charge in [-0.05, 0) is 36.1 Å². The maximum absolute atomic E-state index is 13.2. The molecule has 2 aromatic carbocycles.